The zero-order chi connectivity index (χ0) is 14.5. The van der Waals surface area contributed by atoms with Crippen molar-refractivity contribution < 1.29 is 27.8 Å². The number of methoxy groups -OCH3 is 1. The number of hydrogen-bond acceptors (Lipinski definition) is 6. The second-order valence-corrected chi connectivity index (χ2v) is 3.49. The van der Waals surface area contributed by atoms with E-state index in [4.69, 9.17) is 5.11 Å². The lowest BCUT2D eigenvalue weighted by atomic mass is 10.4. The summed E-state index contributed by atoms with van der Waals surface area (Å²) in [5.41, 5.74) is 0. The van der Waals surface area contributed by atoms with Crippen LogP contribution in [-0.2, 0) is 4.74 Å². The maximum atomic E-state index is 12.4. The summed E-state index contributed by atoms with van der Waals surface area (Å²) in [6, 6.07) is 1.22. The number of aliphatic hydroxyl groups is 1. The highest BCUT2D eigenvalue weighted by atomic mass is 19.4. The molecule has 106 valence electrons. The molecule has 1 aromatic rings. The van der Waals surface area contributed by atoms with Gasteiger partial charge >= 0.3 is 12.1 Å². The Bertz CT molecular complexity index is 440. The van der Waals surface area contributed by atoms with E-state index in [0.29, 0.717) is 0 Å². The van der Waals surface area contributed by atoms with Gasteiger partial charge in [-0.15, -0.1) is 0 Å². The van der Waals surface area contributed by atoms with E-state index >= 15 is 0 Å². The first-order valence-electron chi connectivity index (χ1n) is 5.21. The highest BCUT2D eigenvalue weighted by Crippen LogP contribution is 2.20. The minimum absolute atomic E-state index is 0.109. The van der Waals surface area contributed by atoms with Crippen LogP contribution in [0.25, 0.3) is 0 Å². The molecule has 0 aliphatic rings. The van der Waals surface area contributed by atoms with Crippen LogP contribution in [0.15, 0.2) is 12.3 Å². The topological polar surface area (TPSA) is 75.5 Å². The van der Waals surface area contributed by atoms with Crippen LogP contribution in [0.1, 0.15) is 10.6 Å². The van der Waals surface area contributed by atoms with Crippen molar-refractivity contribution in [3.05, 3.63) is 18.1 Å². The average Bonchev–Trinajstić information content (AvgIpc) is 2.36. The second-order valence-electron chi connectivity index (χ2n) is 3.49. The molecule has 0 amide bonds. The third-order valence-corrected chi connectivity index (χ3v) is 2.07. The molecule has 0 spiro atoms. The highest BCUT2D eigenvalue weighted by molar-refractivity contribution is 5.85. The van der Waals surface area contributed by atoms with Gasteiger partial charge in [0.25, 0.3) is 0 Å². The summed E-state index contributed by atoms with van der Waals surface area (Å²) in [7, 11) is 1.11. The maximum absolute atomic E-state index is 12.4. The van der Waals surface area contributed by atoms with E-state index < -0.39 is 25.3 Å². The van der Waals surface area contributed by atoms with Crippen molar-refractivity contribution in [2.24, 2.45) is 0 Å². The first-order chi connectivity index (χ1) is 8.87. The summed E-state index contributed by atoms with van der Waals surface area (Å²) in [4.78, 5) is 19.3. The number of aromatic nitrogens is 2. The predicted molar refractivity (Wildman–Crippen MR) is 58.7 cm³/mol. The molecule has 0 aromatic carbocycles. The minimum atomic E-state index is -4.45. The van der Waals surface area contributed by atoms with E-state index in [1.54, 1.807) is 0 Å². The molecule has 0 bridgehead atoms. The molecule has 0 aliphatic heterocycles. The standard InChI is InChI=1S/C10H12F3N3O3/c1-19-9(18)8-14-3-2-7(15-8)16(4-5-17)6-10(11,12)13/h2-3,17H,4-6H2,1H3. The monoisotopic (exact) mass is 279 g/mol. The number of rotatable bonds is 5. The number of carbonyl (C=O) groups is 1. The van der Waals surface area contributed by atoms with E-state index in [0.717, 1.165) is 18.2 Å². The van der Waals surface area contributed by atoms with Gasteiger partial charge in [0, 0.05) is 12.7 Å². The SMILES string of the molecule is COC(=O)c1nccc(N(CCO)CC(F)(F)F)n1. The van der Waals surface area contributed by atoms with Crippen LogP contribution < -0.4 is 4.90 Å². The van der Waals surface area contributed by atoms with Crippen LogP contribution in [0.3, 0.4) is 0 Å². The summed E-state index contributed by atoms with van der Waals surface area (Å²) < 4.78 is 41.5. The van der Waals surface area contributed by atoms with E-state index in [2.05, 4.69) is 14.7 Å². The smallest absolute Gasteiger partial charge is 0.405 e. The molecule has 0 saturated heterocycles. The lowest BCUT2D eigenvalue weighted by Crippen LogP contribution is -2.37. The fourth-order valence-corrected chi connectivity index (χ4v) is 1.33. The Labute approximate surface area is 106 Å². The Morgan fingerprint density at radius 3 is 2.74 bits per heavy atom. The Kier molecular flexibility index (Phi) is 5.04. The van der Waals surface area contributed by atoms with Crippen LogP contribution in [0.4, 0.5) is 19.0 Å². The molecule has 1 heterocycles. The number of esters is 1. The number of halogens is 3. The van der Waals surface area contributed by atoms with Gasteiger partial charge < -0.3 is 14.7 Å². The van der Waals surface area contributed by atoms with Crippen molar-refractivity contribution in [3.63, 3.8) is 0 Å². The molecular formula is C10H12F3N3O3. The van der Waals surface area contributed by atoms with Crippen LogP contribution in [0, 0.1) is 0 Å². The summed E-state index contributed by atoms with van der Waals surface area (Å²) in [5.74, 6) is -1.30. The number of ether oxygens (including phenoxy) is 1. The molecule has 1 N–H and O–H groups in total. The first-order valence-corrected chi connectivity index (χ1v) is 5.21. The fourth-order valence-electron chi connectivity index (χ4n) is 1.33. The second kappa shape index (κ2) is 6.32. The van der Waals surface area contributed by atoms with E-state index in [-0.39, 0.29) is 18.2 Å². The van der Waals surface area contributed by atoms with Crippen molar-refractivity contribution in [1.29, 1.82) is 0 Å². The van der Waals surface area contributed by atoms with Gasteiger partial charge in [0.05, 0.1) is 13.7 Å². The Morgan fingerprint density at radius 1 is 1.53 bits per heavy atom. The lowest BCUT2D eigenvalue weighted by molar-refractivity contribution is -0.120. The third-order valence-electron chi connectivity index (χ3n) is 2.07. The van der Waals surface area contributed by atoms with E-state index in [9.17, 15) is 18.0 Å². The minimum Gasteiger partial charge on any atom is -0.463 e. The number of nitrogens with zero attached hydrogens (tertiary/aromatic N) is 3. The van der Waals surface area contributed by atoms with Crippen molar-refractivity contribution in [3.8, 4) is 0 Å². The molecular weight excluding hydrogens is 267 g/mol. The highest BCUT2D eigenvalue weighted by Gasteiger charge is 2.31. The van der Waals surface area contributed by atoms with Gasteiger partial charge in [-0.3, -0.25) is 0 Å². The number of aliphatic hydroxyl groups excluding tert-OH is 1. The average molecular weight is 279 g/mol. The van der Waals surface area contributed by atoms with Crippen molar-refractivity contribution in [2.45, 2.75) is 6.18 Å². The third kappa shape index (κ3) is 4.70. The molecule has 0 fully saturated rings. The van der Waals surface area contributed by atoms with Crippen molar-refractivity contribution in [1.82, 2.24) is 9.97 Å². The predicted octanol–water partition coefficient (Wildman–Crippen LogP) is 0.624. The van der Waals surface area contributed by atoms with Crippen LogP contribution in [0.5, 0.6) is 0 Å². The fraction of sp³-hybridized carbons (Fsp3) is 0.500. The largest absolute Gasteiger partial charge is 0.463 e. The van der Waals surface area contributed by atoms with Gasteiger partial charge in [-0.05, 0) is 6.07 Å². The Hall–Kier alpha value is -1.90. The number of anilines is 1. The number of alkyl halides is 3. The van der Waals surface area contributed by atoms with Crippen LogP contribution >= 0.6 is 0 Å². The molecule has 6 nitrogen and oxygen atoms in total. The van der Waals surface area contributed by atoms with Gasteiger partial charge in [0.1, 0.15) is 12.4 Å². The molecule has 0 unspecified atom stereocenters. The van der Waals surface area contributed by atoms with Gasteiger partial charge in [-0.25, -0.2) is 14.8 Å². The Balaban J connectivity index is 2.99. The van der Waals surface area contributed by atoms with Crippen molar-refractivity contribution >= 4 is 11.8 Å². The van der Waals surface area contributed by atoms with E-state index in [1.807, 2.05) is 0 Å². The molecule has 0 atom stereocenters. The lowest BCUT2D eigenvalue weighted by Gasteiger charge is -2.23. The van der Waals surface area contributed by atoms with E-state index in [1.165, 1.54) is 6.07 Å². The molecule has 0 radical (unpaired) electrons. The van der Waals surface area contributed by atoms with Crippen LogP contribution in [-0.4, -0.2) is 54.0 Å². The number of hydrogen-bond donors (Lipinski definition) is 1. The molecule has 19 heavy (non-hydrogen) atoms. The summed E-state index contributed by atoms with van der Waals surface area (Å²) in [5, 5.41) is 8.78. The van der Waals surface area contributed by atoms with Gasteiger partial charge in [0.2, 0.25) is 5.82 Å². The number of carbonyl (C=O) groups excluding carboxylic acids is 1. The molecule has 1 rings (SSSR count). The molecule has 0 aliphatic carbocycles. The normalized spacial score (nSPS) is 11.2. The molecule has 9 heteroatoms. The molecule has 0 saturated carbocycles. The zero-order valence-electron chi connectivity index (χ0n) is 10.0. The van der Waals surface area contributed by atoms with Crippen LogP contribution in [0.2, 0.25) is 0 Å². The summed E-state index contributed by atoms with van der Waals surface area (Å²) >= 11 is 0. The van der Waals surface area contributed by atoms with Gasteiger partial charge in [-0.2, -0.15) is 13.2 Å². The summed E-state index contributed by atoms with van der Waals surface area (Å²) in [6.07, 6.45) is -3.30. The van der Waals surface area contributed by atoms with Gasteiger partial charge in [-0.1, -0.05) is 0 Å². The maximum Gasteiger partial charge on any atom is 0.405 e. The summed E-state index contributed by atoms with van der Waals surface area (Å²) in [6.45, 7) is -2.03. The first kappa shape index (κ1) is 15.2. The Morgan fingerprint density at radius 2 is 2.21 bits per heavy atom. The zero-order valence-corrected chi connectivity index (χ0v) is 10.0. The van der Waals surface area contributed by atoms with Gasteiger partial charge in [0.15, 0.2) is 0 Å². The molecule has 1 aromatic heterocycles. The van der Waals surface area contributed by atoms with Crippen molar-refractivity contribution in [2.75, 3.05) is 31.7 Å². The quantitative estimate of drug-likeness (QED) is 0.796.